The Kier molecular flexibility index (Phi) is 12.3. The highest BCUT2D eigenvalue weighted by atomic mass is 32.1. The molecule has 0 aliphatic heterocycles. The molecule has 0 radical (unpaired) electrons. The monoisotopic (exact) mass is 562 g/mol. The number of nitrogens with one attached hydrogen (secondary N) is 1. The van der Waals surface area contributed by atoms with E-state index in [2.05, 4.69) is 48.4 Å². The lowest BCUT2D eigenvalue weighted by atomic mass is 9.85. The van der Waals surface area contributed by atoms with Gasteiger partial charge in [0.25, 0.3) is 0 Å². The van der Waals surface area contributed by atoms with Gasteiger partial charge in [-0.05, 0) is 48.6 Å². The molecular formula is C33H46N4O2S. The van der Waals surface area contributed by atoms with Crippen molar-refractivity contribution in [1.82, 2.24) is 15.2 Å². The van der Waals surface area contributed by atoms with Gasteiger partial charge in [-0.15, -0.1) is 11.3 Å². The number of amides is 2. The molecule has 0 saturated heterocycles. The molecule has 0 spiro atoms. The molecule has 7 heteroatoms. The van der Waals surface area contributed by atoms with E-state index >= 15 is 0 Å². The van der Waals surface area contributed by atoms with Crippen LogP contribution >= 0.6 is 11.3 Å². The first kappa shape index (κ1) is 31.5. The Bertz CT molecular complexity index is 1180. The molecule has 216 valence electrons. The molecule has 2 amide bonds. The van der Waals surface area contributed by atoms with Gasteiger partial charge in [-0.2, -0.15) is 0 Å². The largest absolute Gasteiger partial charge is 0.328 e. The molecule has 3 N–H and O–H groups in total. The van der Waals surface area contributed by atoms with Crippen molar-refractivity contribution in [1.29, 1.82) is 0 Å². The lowest BCUT2D eigenvalue weighted by Gasteiger charge is -2.27. The number of urea groups is 1. The summed E-state index contributed by atoms with van der Waals surface area (Å²) in [4.78, 5) is 33.0. The van der Waals surface area contributed by atoms with Crippen LogP contribution < -0.4 is 11.1 Å². The van der Waals surface area contributed by atoms with Crippen LogP contribution in [0.5, 0.6) is 0 Å². The number of thiazole rings is 1. The van der Waals surface area contributed by atoms with Crippen molar-refractivity contribution < 1.29 is 9.59 Å². The molecule has 3 rings (SSSR count). The van der Waals surface area contributed by atoms with Crippen LogP contribution in [0.15, 0.2) is 66.0 Å². The highest BCUT2D eigenvalue weighted by molar-refractivity contribution is 7.09. The summed E-state index contributed by atoms with van der Waals surface area (Å²) in [5.41, 5.74) is 9.83. The molecule has 0 unspecified atom stereocenters. The van der Waals surface area contributed by atoms with Crippen LogP contribution in [-0.4, -0.2) is 40.8 Å². The van der Waals surface area contributed by atoms with Crippen molar-refractivity contribution in [2.24, 2.45) is 17.6 Å². The Hall–Kier alpha value is -3.03. The van der Waals surface area contributed by atoms with Crippen molar-refractivity contribution in [3.8, 4) is 0 Å². The number of benzene rings is 2. The number of carbonyl (C=O) groups excluding carboxylic acids is 2. The van der Waals surface area contributed by atoms with Gasteiger partial charge in [-0.1, -0.05) is 88.4 Å². The third-order valence-electron chi connectivity index (χ3n) is 7.25. The maximum atomic E-state index is 13.6. The molecule has 1 heterocycles. The lowest BCUT2D eigenvalue weighted by molar-refractivity contribution is -0.122. The van der Waals surface area contributed by atoms with Gasteiger partial charge in [0, 0.05) is 30.8 Å². The number of Topliss-reactive ketones (excluding diaryl/α,β-unsaturated/α-hetero) is 1. The highest BCUT2D eigenvalue weighted by Crippen LogP contribution is 2.23. The number of hydrogen-bond donors (Lipinski definition) is 2. The van der Waals surface area contributed by atoms with Crippen molar-refractivity contribution in [2.45, 2.75) is 84.3 Å². The first-order valence-corrected chi connectivity index (χ1v) is 15.3. The van der Waals surface area contributed by atoms with E-state index in [-0.39, 0.29) is 29.7 Å². The van der Waals surface area contributed by atoms with Crippen molar-refractivity contribution >= 4 is 23.2 Å². The van der Waals surface area contributed by atoms with Gasteiger partial charge in [0.05, 0.1) is 23.3 Å². The van der Waals surface area contributed by atoms with E-state index in [1.807, 2.05) is 55.6 Å². The second-order valence-electron chi connectivity index (χ2n) is 11.6. The predicted molar refractivity (Wildman–Crippen MR) is 165 cm³/mol. The van der Waals surface area contributed by atoms with Crippen molar-refractivity contribution in [3.63, 3.8) is 0 Å². The standard InChI is InChI=1S/C33H46N4O2S/c1-23(2)31(36-33(39)37(5)21-29-22-40-32(35-29)24(3)4)30(38)20-27(18-25-12-8-6-9-13-25)16-17-28(34)19-26-14-10-7-11-15-26/h6-15,22-24,27-28,31H,16-21,34H2,1-5H3,(H,36,39)/t27-,28-,31+/m1/s1. The van der Waals surface area contributed by atoms with E-state index in [1.165, 1.54) is 11.1 Å². The number of ketones is 1. The summed E-state index contributed by atoms with van der Waals surface area (Å²) in [5, 5.41) is 6.08. The van der Waals surface area contributed by atoms with Crippen LogP contribution in [0.3, 0.4) is 0 Å². The van der Waals surface area contributed by atoms with E-state index < -0.39 is 6.04 Å². The summed E-state index contributed by atoms with van der Waals surface area (Å²) in [6.45, 7) is 8.60. The molecule has 6 nitrogen and oxygen atoms in total. The normalized spacial score (nSPS) is 13.7. The molecule has 0 aliphatic carbocycles. The number of nitrogens with two attached hydrogens (primary N) is 1. The molecule has 0 saturated carbocycles. The van der Waals surface area contributed by atoms with E-state index in [9.17, 15) is 9.59 Å². The van der Waals surface area contributed by atoms with E-state index in [0.29, 0.717) is 18.9 Å². The Morgan fingerprint density at radius 1 is 0.925 bits per heavy atom. The SMILES string of the molecule is CC(C)c1nc(CN(C)C(=O)N[C@H](C(=O)C[C@H](CC[C@@H](N)Cc2ccccc2)Cc2ccccc2)C(C)C)cs1. The third kappa shape index (κ3) is 10.2. The van der Waals surface area contributed by atoms with Gasteiger partial charge in [0.15, 0.2) is 5.78 Å². The van der Waals surface area contributed by atoms with Crippen molar-refractivity contribution in [3.05, 3.63) is 87.9 Å². The van der Waals surface area contributed by atoms with Crippen molar-refractivity contribution in [2.75, 3.05) is 7.05 Å². The first-order chi connectivity index (χ1) is 19.1. The molecule has 0 bridgehead atoms. The summed E-state index contributed by atoms with van der Waals surface area (Å²) in [7, 11) is 1.75. The summed E-state index contributed by atoms with van der Waals surface area (Å²) >= 11 is 1.62. The minimum absolute atomic E-state index is 0.0191. The molecule has 3 aromatic rings. The first-order valence-electron chi connectivity index (χ1n) is 14.4. The molecular weight excluding hydrogens is 516 g/mol. The highest BCUT2D eigenvalue weighted by Gasteiger charge is 2.28. The molecule has 1 aromatic heterocycles. The average Bonchev–Trinajstić information content (AvgIpc) is 3.40. The molecule has 2 aromatic carbocycles. The number of rotatable bonds is 15. The maximum absolute atomic E-state index is 13.6. The second-order valence-corrected chi connectivity index (χ2v) is 12.5. The zero-order valence-electron chi connectivity index (χ0n) is 24.7. The van der Waals surface area contributed by atoms with Gasteiger partial charge in [-0.3, -0.25) is 4.79 Å². The zero-order chi connectivity index (χ0) is 29.1. The van der Waals surface area contributed by atoms with Crippen LogP contribution in [0.1, 0.15) is 74.7 Å². The lowest BCUT2D eigenvalue weighted by Crippen LogP contribution is -2.49. The van der Waals surface area contributed by atoms with Crippen LogP contribution in [0.25, 0.3) is 0 Å². The number of carbonyl (C=O) groups is 2. The Balaban J connectivity index is 1.62. The molecule has 0 aliphatic rings. The quantitative estimate of drug-likeness (QED) is 0.218. The predicted octanol–water partition coefficient (Wildman–Crippen LogP) is 6.60. The average molecular weight is 563 g/mol. The summed E-state index contributed by atoms with van der Waals surface area (Å²) in [6, 6.07) is 19.8. The molecule has 3 atom stereocenters. The van der Waals surface area contributed by atoms with Gasteiger partial charge in [0.2, 0.25) is 0 Å². The third-order valence-corrected chi connectivity index (χ3v) is 8.44. The van der Waals surface area contributed by atoms with Gasteiger partial charge < -0.3 is 16.0 Å². The Morgan fingerprint density at radius 2 is 1.52 bits per heavy atom. The topological polar surface area (TPSA) is 88.3 Å². The van der Waals surface area contributed by atoms with E-state index in [4.69, 9.17) is 5.73 Å². The summed E-state index contributed by atoms with van der Waals surface area (Å²) in [5.74, 6) is 0.564. The summed E-state index contributed by atoms with van der Waals surface area (Å²) < 4.78 is 0. The van der Waals surface area contributed by atoms with Gasteiger partial charge >= 0.3 is 6.03 Å². The van der Waals surface area contributed by atoms with Crippen LogP contribution in [-0.2, 0) is 24.2 Å². The van der Waals surface area contributed by atoms with E-state index in [0.717, 1.165) is 36.4 Å². The molecule has 0 fully saturated rings. The number of aromatic nitrogens is 1. The minimum Gasteiger partial charge on any atom is -0.328 e. The second kappa shape index (κ2) is 15.7. The van der Waals surface area contributed by atoms with Crippen LogP contribution in [0.4, 0.5) is 4.79 Å². The smallest absolute Gasteiger partial charge is 0.318 e. The molecule has 40 heavy (non-hydrogen) atoms. The Morgan fingerprint density at radius 3 is 2.08 bits per heavy atom. The fraction of sp³-hybridized carbons (Fsp3) is 0.485. The zero-order valence-corrected chi connectivity index (χ0v) is 25.5. The number of nitrogens with zero attached hydrogens (tertiary/aromatic N) is 2. The van der Waals surface area contributed by atoms with Gasteiger partial charge in [-0.25, -0.2) is 9.78 Å². The fourth-order valence-corrected chi connectivity index (χ4v) is 5.77. The Labute approximate surface area is 244 Å². The number of hydrogen-bond acceptors (Lipinski definition) is 5. The van der Waals surface area contributed by atoms with Gasteiger partial charge in [0.1, 0.15) is 0 Å². The van der Waals surface area contributed by atoms with Crippen LogP contribution in [0, 0.1) is 11.8 Å². The van der Waals surface area contributed by atoms with E-state index in [1.54, 1.807) is 23.3 Å². The van der Waals surface area contributed by atoms with Crippen LogP contribution in [0.2, 0.25) is 0 Å². The minimum atomic E-state index is -0.548. The summed E-state index contributed by atoms with van der Waals surface area (Å²) in [6.07, 6.45) is 3.73. The fourth-order valence-electron chi connectivity index (χ4n) is 4.94. The maximum Gasteiger partial charge on any atom is 0.318 e.